The maximum absolute atomic E-state index is 10.2. The molecule has 0 fully saturated rings. The van der Waals surface area contributed by atoms with Crippen LogP contribution in [0.3, 0.4) is 0 Å². The second-order valence-electron chi connectivity index (χ2n) is 1.17. The van der Waals surface area contributed by atoms with Gasteiger partial charge in [-0.25, -0.2) is 0 Å². The monoisotopic (exact) mass is 120 g/mol. The second kappa shape index (κ2) is 4.15. The normalized spacial score (nSPS) is 8.86. The highest BCUT2D eigenvalue weighted by atomic mass is 32.1. The molecule has 0 radical (unpaired) electrons. The molecule has 0 saturated heterocycles. The molecule has 0 bridgehead atoms. The van der Waals surface area contributed by atoms with Crippen LogP contribution >= 0.6 is 12.9 Å². The number of carbonyl (C=O) groups excluding carboxylic acids is 1. The second-order valence-corrected chi connectivity index (χ2v) is 1.42. The molecule has 0 N–H and O–H groups in total. The lowest BCUT2D eigenvalue weighted by Gasteiger charge is -1.88. The van der Waals surface area contributed by atoms with Crippen LogP contribution in [0.1, 0.15) is 13.3 Å². The molecule has 0 atom stereocenters. The van der Waals surface area contributed by atoms with Crippen molar-refractivity contribution in [2.24, 2.45) is 0 Å². The summed E-state index contributed by atoms with van der Waals surface area (Å²) in [4.78, 5) is 10.2. The minimum atomic E-state index is 0.0787. The van der Waals surface area contributed by atoms with E-state index in [2.05, 4.69) is 17.1 Å². The van der Waals surface area contributed by atoms with E-state index in [1.54, 1.807) is 6.92 Å². The molecular formula is C4H8O2S. The van der Waals surface area contributed by atoms with Gasteiger partial charge in [0.15, 0.2) is 5.78 Å². The van der Waals surface area contributed by atoms with Crippen molar-refractivity contribution in [3.63, 3.8) is 0 Å². The average molecular weight is 120 g/mol. The van der Waals surface area contributed by atoms with Crippen molar-refractivity contribution in [1.29, 1.82) is 0 Å². The van der Waals surface area contributed by atoms with Crippen molar-refractivity contribution in [3.05, 3.63) is 0 Å². The van der Waals surface area contributed by atoms with Gasteiger partial charge < -0.3 is 4.18 Å². The van der Waals surface area contributed by atoms with Crippen LogP contribution in [0.5, 0.6) is 0 Å². The molecule has 0 rings (SSSR count). The number of Topliss-reactive ketones (excluding diaryl/α,β-unsaturated/α-hetero) is 1. The molecule has 0 saturated carbocycles. The Bertz CT molecular complexity index is 62.7. The van der Waals surface area contributed by atoms with Crippen LogP contribution in [0.15, 0.2) is 0 Å². The Kier molecular flexibility index (Phi) is 4.14. The molecule has 7 heavy (non-hydrogen) atoms. The van der Waals surface area contributed by atoms with Gasteiger partial charge in [-0.05, 0) is 12.9 Å². The highest BCUT2D eigenvalue weighted by Gasteiger charge is 1.92. The first-order chi connectivity index (χ1) is 3.31. The molecule has 0 aromatic heterocycles. The zero-order chi connectivity index (χ0) is 5.70. The van der Waals surface area contributed by atoms with Gasteiger partial charge in [0.25, 0.3) is 0 Å². The van der Waals surface area contributed by atoms with Gasteiger partial charge in [-0.3, -0.25) is 4.79 Å². The molecule has 0 unspecified atom stereocenters. The maximum Gasteiger partial charge on any atom is 0.159 e. The lowest BCUT2D eigenvalue weighted by Crippen LogP contribution is -2.00. The zero-order valence-corrected chi connectivity index (χ0v) is 5.07. The minimum absolute atomic E-state index is 0.0787. The molecular weight excluding hydrogens is 112 g/mol. The standard InChI is InChI=1S/C4H8O2S/c1-2-4(5)3-6-7/h7H,2-3H2,1H3. The zero-order valence-electron chi connectivity index (χ0n) is 4.18. The molecule has 0 aliphatic heterocycles. The molecule has 2 nitrogen and oxygen atoms in total. The lowest BCUT2D eigenvalue weighted by molar-refractivity contribution is -0.120. The Morgan fingerprint density at radius 3 is 2.57 bits per heavy atom. The highest BCUT2D eigenvalue weighted by molar-refractivity contribution is 7.75. The molecule has 0 aliphatic carbocycles. The molecule has 0 aromatic rings. The van der Waals surface area contributed by atoms with Crippen LogP contribution in [-0.2, 0) is 8.98 Å². The van der Waals surface area contributed by atoms with Crippen LogP contribution in [0.2, 0.25) is 0 Å². The first-order valence-electron chi connectivity index (χ1n) is 2.09. The van der Waals surface area contributed by atoms with Crippen molar-refractivity contribution < 1.29 is 8.98 Å². The summed E-state index contributed by atoms with van der Waals surface area (Å²) < 4.78 is 4.24. The number of hydrogen-bond acceptors (Lipinski definition) is 3. The molecule has 0 aromatic carbocycles. The third kappa shape index (κ3) is 3.82. The van der Waals surface area contributed by atoms with E-state index in [-0.39, 0.29) is 12.4 Å². The van der Waals surface area contributed by atoms with Crippen LogP contribution in [0, 0.1) is 0 Å². The SMILES string of the molecule is CCC(=O)COS. The third-order valence-corrected chi connectivity index (χ3v) is 0.749. The van der Waals surface area contributed by atoms with Gasteiger partial charge in [-0.15, -0.1) is 0 Å². The van der Waals surface area contributed by atoms with E-state index in [4.69, 9.17) is 0 Å². The van der Waals surface area contributed by atoms with E-state index in [9.17, 15) is 4.79 Å². The lowest BCUT2D eigenvalue weighted by atomic mass is 10.3. The van der Waals surface area contributed by atoms with Crippen LogP contribution in [0.25, 0.3) is 0 Å². The summed E-state index contributed by atoms with van der Waals surface area (Å²) in [5.74, 6) is 0.0787. The Balaban J connectivity index is 3.00. The quantitative estimate of drug-likeness (QED) is 0.441. The predicted octanol–water partition coefficient (Wildman–Crippen LogP) is 0.827. The number of carbonyl (C=O) groups is 1. The predicted molar refractivity (Wildman–Crippen MR) is 30.2 cm³/mol. The van der Waals surface area contributed by atoms with E-state index < -0.39 is 0 Å². The van der Waals surface area contributed by atoms with E-state index in [0.717, 1.165) is 0 Å². The van der Waals surface area contributed by atoms with Crippen molar-refractivity contribution in [3.8, 4) is 0 Å². The molecule has 42 valence electrons. The summed E-state index contributed by atoms with van der Waals surface area (Å²) >= 11 is 3.39. The largest absolute Gasteiger partial charge is 0.311 e. The topological polar surface area (TPSA) is 26.3 Å². The molecule has 3 heteroatoms. The van der Waals surface area contributed by atoms with Gasteiger partial charge >= 0.3 is 0 Å². The molecule has 0 aliphatic rings. The van der Waals surface area contributed by atoms with Gasteiger partial charge in [0.2, 0.25) is 0 Å². The van der Waals surface area contributed by atoms with Crippen molar-refractivity contribution >= 4 is 18.7 Å². The van der Waals surface area contributed by atoms with E-state index in [1.165, 1.54) is 0 Å². The summed E-state index contributed by atoms with van der Waals surface area (Å²) in [6.07, 6.45) is 0.528. The Hall–Kier alpha value is -0.0200. The Morgan fingerprint density at radius 1 is 1.86 bits per heavy atom. The summed E-state index contributed by atoms with van der Waals surface area (Å²) in [6.45, 7) is 1.91. The average Bonchev–Trinajstić information content (AvgIpc) is 1.68. The molecule has 0 heterocycles. The molecule has 0 spiro atoms. The van der Waals surface area contributed by atoms with Crippen molar-refractivity contribution in [2.75, 3.05) is 6.61 Å². The van der Waals surface area contributed by atoms with Crippen LogP contribution in [-0.4, -0.2) is 12.4 Å². The molecule has 0 amide bonds. The fraction of sp³-hybridized carbons (Fsp3) is 0.750. The number of ketones is 1. The smallest absolute Gasteiger partial charge is 0.159 e. The fourth-order valence-electron chi connectivity index (χ4n) is 0.174. The van der Waals surface area contributed by atoms with Crippen molar-refractivity contribution in [1.82, 2.24) is 0 Å². The third-order valence-electron chi connectivity index (χ3n) is 0.620. The van der Waals surface area contributed by atoms with Gasteiger partial charge in [0.1, 0.15) is 6.61 Å². The summed E-state index contributed by atoms with van der Waals surface area (Å²) in [7, 11) is 0. The van der Waals surface area contributed by atoms with Gasteiger partial charge in [-0.1, -0.05) is 6.92 Å². The van der Waals surface area contributed by atoms with Gasteiger partial charge in [0, 0.05) is 6.42 Å². The van der Waals surface area contributed by atoms with Crippen LogP contribution < -0.4 is 0 Å². The van der Waals surface area contributed by atoms with Crippen LogP contribution in [0.4, 0.5) is 0 Å². The van der Waals surface area contributed by atoms with Crippen molar-refractivity contribution in [2.45, 2.75) is 13.3 Å². The first kappa shape index (κ1) is 6.98. The summed E-state index contributed by atoms with van der Waals surface area (Å²) in [5, 5.41) is 0. The Morgan fingerprint density at radius 2 is 2.43 bits per heavy atom. The van der Waals surface area contributed by atoms with E-state index in [1.807, 2.05) is 0 Å². The maximum atomic E-state index is 10.2. The number of thiol groups is 1. The van der Waals surface area contributed by atoms with E-state index >= 15 is 0 Å². The first-order valence-corrected chi connectivity index (χ1v) is 2.45. The number of rotatable bonds is 3. The fourth-order valence-corrected chi connectivity index (χ4v) is 0.318. The summed E-state index contributed by atoms with van der Waals surface area (Å²) in [5.41, 5.74) is 0. The van der Waals surface area contributed by atoms with Gasteiger partial charge in [-0.2, -0.15) is 0 Å². The highest BCUT2D eigenvalue weighted by Crippen LogP contribution is 1.83. The van der Waals surface area contributed by atoms with Gasteiger partial charge in [0.05, 0.1) is 0 Å². The number of hydrogen-bond donors (Lipinski definition) is 1. The Labute approximate surface area is 48.5 Å². The van der Waals surface area contributed by atoms with E-state index in [0.29, 0.717) is 6.42 Å². The summed E-state index contributed by atoms with van der Waals surface area (Å²) in [6, 6.07) is 0. The minimum Gasteiger partial charge on any atom is -0.311 e.